The number of carboxylic acid groups (broad SMARTS) is 1. The van der Waals surface area contributed by atoms with E-state index < -0.39 is 5.97 Å². The molecule has 0 radical (unpaired) electrons. The molecule has 2 aromatic heterocycles. The first-order valence-corrected chi connectivity index (χ1v) is 7.34. The third kappa shape index (κ3) is 2.73. The molecule has 0 aliphatic heterocycles. The highest BCUT2D eigenvalue weighted by atomic mass is 32.1. The Morgan fingerprint density at radius 3 is 2.76 bits per heavy atom. The topological polar surface area (TPSA) is 63.3 Å². The van der Waals surface area contributed by atoms with Crippen LogP contribution >= 0.6 is 11.3 Å². The van der Waals surface area contributed by atoms with E-state index in [0.717, 1.165) is 16.0 Å². The zero-order valence-corrected chi connectivity index (χ0v) is 12.2. The van der Waals surface area contributed by atoms with Crippen LogP contribution < -0.4 is 0 Å². The average molecular weight is 299 g/mol. The number of thiophene rings is 1. The summed E-state index contributed by atoms with van der Waals surface area (Å²) in [4.78, 5) is 16.3. The summed E-state index contributed by atoms with van der Waals surface area (Å²) in [5, 5.41) is 11.0. The van der Waals surface area contributed by atoms with Crippen molar-refractivity contribution in [2.75, 3.05) is 0 Å². The summed E-state index contributed by atoms with van der Waals surface area (Å²) in [6.45, 7) is 1.97. The Bertz CT molecular complexity index is 775. The molecule has 106 valence electrons. The van der Waals surface area contributed by atoms with Crippen molar-refractivity contribution in [3.8, 4) is 22.1 Å². The predicted octanol–water partition coefficient (Wildman–Crippen LogP) is 4.01. The number of hydrogen-bond donors (Lipinski definition) is 1. The molecule has 1 aromatic carbocycles. The number of hydrogen-bond acceptors (Lipinski definition) is 4. The lowest BCUT2D eigenvalue weighted by Gasteiger charge is -1.99. The molecule has 2 heterocycles. The van der Waals surface area contributed by atoms with Gasteiger partial charge in [0, 0.05) is 5.56 Å². The molecule has 0 fully saturated rings. The second-order valence-corrected chi connectivity index (χ2v) is 5.61. The highest BCUT2D eigenvalue weighted by Gasteiger charge is 2.19. The lowest BCUT2D eigenvalue weighted by atomic mass is 10.1. The molecule has 5 heteroatoms. The molecule has 4 nitrogen and oxygen atoms in total. The van der Waals surface area contributed by atoms with Gasteiger partial charge in [0.05, 0.1) is 17.0 Å². The van der Waals surface area contributed by atoms with Crippen molar-refractivity contribution in [3.05, 3.63) is 53.0 Å². The van der Waals surface area contributed by atoms with Crippen LogP contribution in [-0.4, -0.2) is 16.1 Å². The number of carbonyl (C=O) groups is 1. The molecule has 0 saturated carbocycles. The molecule has 0 spiro atoms. The van der Waals surface area contributed by atoms with Crippen molar-refractivity contribution >= 4 is 17.3 Å². The van der Waals surface area contributed by atoms with Crippen LogP contribution in [0, 0.1) is 6.92 Å². The van der Waals surface area contributed by atoms with Gasteiger partial charge >= 0.3 is 5.97 Å². The Labute approximate surface area is 125 Å². The van der Waals surface area contributed by atoms with Gasteiger partial charge in [-0.2, -0.15) is 0 Å². The molecule has 1 N–H and O–H groups in total. The van der Waals surface area contributed by atoms with Gasteiger partial charge in [-0.1, -0.05) is 24.3 Å². The zero-order chi connectivity index (χ0) is 14.8. The number of nitrogens with zero attached hydrogens (tertiary/aromatic N) is 1. The molecule has 0 bridgehead atoms. The van der Waals surface area contributed by atoms with Crippen LogP contribution in [0.15, 0.2) is 46.2 Å². The first-order chi connectivity index (χ1) is 10.1. The zero-order valence-electron chi connectivity index (χ0n) is 11.4. The number of aliphatic carboxylic acids is 1. The van der Waals surface area contributed by atoms with Crippen molar-refractivity contribution in [2.24, 2.45) is 0 Å². The van der Waals surface area contributed by atoms with Crippen LogP contribution in [0.3, 0.4) is 0 Å². The quantitative estimate of drug-likeness (QED) is 0.790. The lowest BCUT2D eigenvalue weighted by Crippen LogP contribution is -2.01. The molecular formula is C16H13NO3S. The normalized spacial score (nSPS) is 10.7. The third-order valence-corrected chi connectivity index (χ3v) is 4.01. The molecule has 0 unspecified atom stereocenters. The van der Waals surface area contributed by atoms with Gasteiger partial charge < -0.3 is 9.52 Å². The van der Waals surface area contributed by atoms with Crippen molar-refractivity contribution in [2.45, 2.75) is 13.3 Å². The van der Waals surface area contributed by atoms with Gasteiger partial charge in [-0.25, -0.2) is 4.98 Å². The van der Waals surface area contributed by atoms with Gasteiger partial charge in [0.15, 0.2) is 5.76 Å². The first kappa shape index (κ1) is 13.6. The number of aryl methyl sites for hydroxylation is 1. The average Bonchev–Trinajstić information content (AvgIpc) is 3.07. The van der Waals surface area contributed by atoms with Gasteiger partial charge in [0.1, 0.15) is 0 Å². The summed E-state index contributed by atoms with van der Waals surface area (Å²) < 4.78 is 5.86. The fraction of sp³-hybridized carbons (Fsp3) is 0.125. The number of benzene rings is 1. The van der Waals surface area contributed by atoms with E-state index in [0.29, 0.717) is 17.3 Å². The van der Waals surface area contributed by atoms with E-state index in [4.69, 9.17) is 9.52 Å². The molecule has 0 saturated heterocycles. The van der Waals surface area contributed by atoms with E-state index in [1.54, 1.807) is 0 Å². The largest absolute Gasteiger partial charge is 0.481 e. The summed E-state index contributed by atoms with van der Waals surface area (Å²) in [5.41, 5.74) is 2.38. The third-order valence-electron chi connectivity index (χ3n) is 3.14. The van der Waals surface area contributed by atoms with Crippen LogP contribution in [0.2, 0.25) is 0 Å². The maximum atomic E-state index is 11.0. The minimum absolute atomic E-state index is 0.150. The maximum Gasteiger partial charge on any atom is 0.309 e. The molecule has 21 heavy (non-hydrogen) atoms. The number of oxazole rings is 1. The fourth-order valence-electron chi connectivity index (χ4n) is 2.14. The van der Waals surface area contributed by atoms with Gasteiger partial charge in [0.2, 0.25) is 5.89 Å². The Morgan fingerprint density at radius 2 is 2.10 bits per heavy atom. The van der Waals surface area contributed by atoms with Crippen LogP contribution in [0.25, 0.3) is 22.1 Å². The molecule has 0 aliphatic carbocycles. The summed E-state index contributed by atoms with van der Waals surface area (Å²) >= 11 is 1.50. The number of aromatic nitrogens is 1. The predicted molar refractivity (Wildman–Crippen MR) is 81.3 cm³/mol. The van der Waals surface area contributed by atoms with Crippen molar-refractivity contribution in [3.63, 3.8) is 0 Å². The molecular weight excluding hydrogens is 286 g/mol. The van der Waals surface area contributed by atoms with Crippen LogP contribution in [0.5, 0.6) is 0 Å². The van der Waals surface area contributed by atoms with Crippen LogP contribution in [0.1, 0.15) is 11.3 Å². The van der Waals surface area contributed by atoms with Crippen LogP contribution in [0.4, 0.5) is 0 Å². The van der Waals surface area contributed by atoms with E-state index in [1.807, 2.05) is 48.7 Å². The van der Waals surface area contributed by atoms with E-state index in [1.165, 1.54) is 11.3 Å². The lowest BCUT2D eigenvalue weighted by molar-refractivity contribution is -0.136. The van der Waals surface area contributed by atoms with Crippen molar-refractivity contribution in [1.82, 2.24) is 4.98 Å². The van der Waals surface area contributed by atoms with Gasteiger partial charge in [0.25, 0.3) is 0 Å². The van der Waals surface area contributed by atoms with Crippen molar-refractivity contribution < 1.29 is 14.3 Å². The maximum absolute atomic E-state index is 11.0. The Kier molecular flexibility index (Phi) is 3.58. The second kappa shape index (κ2) is 5.54. The summed E-state index contributed by atoms with van der Waals surface area (Å²) in [5.74, 6) is 0.0934. The smallest absolute Gasteiger partial charge is 0.309 e. The minimum atomic E-state index is -0.919. The Morgan fingerprint density at radius 1 is 1.29 bits per heavy atom. The monoisotopic (exact) mass is 299 g/mol. The van der Waals surface area contributed by atoms with Gasteiger partial charge in [-0.05, 0) is 30.0 Å². The van der Waals surface area contributed by atoms with Crippen molar-refractivity contribution in [1.29, 1.82) is 0 Å². The summed E-state index contributed by atoms with van der Waals surface area (Å²) in [6, 6.07) is 11.6. The standard InChI is InChI=1S/C16H13NO3S/c1-10-5-2-3-6-11(10)16-17-12(9-14(18)19)15(20-16)13-7-4-8-21-13/h2-8H,9H2,1H3,(H,18,19). The number of rotatable bonds is 4. The highest BCUT2D eigenvalue weighted by Crippen LogP contribution is 2.33. The molecule has 0 amide bonds. The molecule has 0 aliphatic rings. The van der Waals surface area contributed by atoms with Crippen LogP contribution in [-0.2, 0) is 11.2 Å². The molecule has 3 aromatic rings. The van der Waals surface area contributed by atoms with E-state index >= 15 is 0 Å². The van der Waals surface area contributed by atoms with E-state index in [-0.39, 0.29) is 6.42 Å². The minimum Gasteiger partial charge on any atom is -0.481 e. The van der Waals surface area contributed by atoms with E-state index in [2.05, 4.69) is 4.98 Å². The Hall–Kier alpha value is -2.40. The summed E-state index contributed by atoms with van der Waals surface area (Å²) in [6.07, 6.45) is -0.150. The second-order valence-electron chi connectivity index (χ2n) is 4.66. The summed E-state index contributed by atoms with van der Waals surface area (Å²) in [7, 11) is 0. The molecule has 3 rings (SSSR count). The van der Waals surface area contributed by atoms with E-state index in [9.17, 15) is 4.79 Å². The Balaban J connectivity index is 2.12. The van der Waals surface area contributed by atoms with Gasteiger partial charge in [-0.3, -0.25) is 4.79 Å². The first-order valence-electron chi connectivity index (χ1n) is 6.46. The van der Waals surface area contributed by atoms with Gasteiger partial charge in [-0.15, -0.1) is 11.3 Å². The highest BCUT2D eigenvalue weighted by molar-refractivity contribution is 7.13. The fourth-order valence-corrected chi connectivity index (χ4v) is 2.87. The SMILES string of the molecule is Cc1ccccc1-c1nc(CC(=O)O)c(-c2cccs2)o1. The number of carboxylic acids is 1. The molecule has 0 atom stereocenters.